The maximum absolute atomic E-state index is 12.7. The zero-order chi connectivity index (χ0) is 22.9. The van der Waals surface area contributed by atoms with E-state index in [1.54, 1.807) is 19.2 Å². The number of halogens is 3. The van der Waals surface area contributed by atoms with Gasteiger partial charge in [-0.25, -0.2) is 4.79 Å². The smallest absolute Gasteiger partial charge is 0.416 e. The Morgan fingerprint density at radius 3 is 2.58 bits per heavy atom. The summed E-state index contributed by atoms with van der Waals surface area (Å²) < 4.78 is 53.1. The number of nitrogens with one attached hydrogen (secondary N) is 1. The van der Waals surface area contributed by atoms with Crippen LogP contribution in [0.25, 0.3) is 11.4 Å². The van der Waals surface area contributed by atoms with Crippen molar-refractivity contribution in [1.82, 2.24) is 15.5 Å². The fourth-order valence-electron chi connectivity index (χ4n) is 2.27. The highest BCUT2D eigenvalue weighted by molar-refractivity contribution is 8.02. The van der Waals surface area contributed by atoms with E-state index in [-0.39, 0.29) is 42.1 Å². The molecule has 8 nitrogen and oxygen atoms in total. The highest BCUT2D eigenvalue weighted by atomic mass is 32.2. The third-order valence-electron chi connectivity index (χ3n) is 3.75. The van der Waals surface area contributed by atoms with E-state index < -0.39 is 17.7 Å². The summed E-state index contributed by atoms with van der Waals surface area (Å²) in [6.45, 7) is 2.51. The number of hydrogen-bond donors (Lipinski definition) is 1. The first-order valence-corrected chi connectivity index (χ1v) is 10.2. The molecule has 0 bridgehead atoms. The Balaban J connectivity index is 2.04. The Hall–Kier alpha value is -3.04. The quantitative estimate of drug-likeness (QED) is 0.248. The van der Waals surface area contributed by atoms with Gasteiger partial charge in [0.25, 0.3) is 0 Å². The molecule has 0 amide bonds. The molecule has 1 N–H and O–H groups in total. The van der Waals surface area contributed by atoms with E-state index in [4.69, 9.17) is 14.0 Å². The third kappa shape index (κ3) is 7.01. The fourth-order valence-corrected chi connectivity index (χ4v) is 2.82. The van der Waals surface area contributed by atoms with Gasteiger partial charge in [-0.2, -0.15) is 23.4 Å². The van der Waals surface area contributed by atoms with Crippen molar-refractivity contribution in [3.8, 4) is 17.5 Å². The van der Waals surface area contributed by atoms with Crippen molar-refractivity contribution in [3.05, 3.63) is 46.3 Å². The zero-order valence-corrected chi connectivity index (χ0v) is 17.5. The third-order valence-corrected chi connectivity index (χ3v) is 4.51. The number of carbonyl (C=O) groups is 1. The van der Waals surface area contributed by atoms with Gasteiger partial charge in [0, 0.05) is 12.2 Å². The normalized spacial score (nSPS) is 12.1. The van der Waals surface area contributed by atoms with Gasteiger partial charge in [0.15, 0.2) is 5.57 Å². The van der Waals surface area contributed by atoms with Crippen LogP contribution in [0.5, 0.6) is 0 Å². The van der Waals surface area contributed by atoms with Crippen molar-refractivity contribution in [1.29, 1.82) is 5.26 Å². The molecule has 1 aromatic carbocycles. The maximum Gasteiger partial charge on any atom is 0.416 e. The molecule has 12 heteroatoms. The summed E-state index contributed by atoms with van der Waals surface area (Å²) >= 11 is 1.12. The van der Waals surface area contributed by atoms with Crippen LogP contribution in [-0.2, 0) is 27.0 Å². The molecular weight excluding hydrogens is 437 g/mol. The summed E-state index contributed by atoms with van der Waals surface area (Å²) in [5, 5.41) is 16.1. The minimum absolute atomic E-state index is 0.0127. The van der Waals surface area contributed by atoms with Gasteiger partial charge in [-0.05, 0) is 25.3 Å². The molecule has 1 heterocycles. The molecule has 31 heavy (non-hydrogen) atoms. The van der Waals surface area contributed by atoms with Crippen molar-refractivity contribution in [2.24, 2.45) is 0 Å². The van der Waals surface area contributed by atoms with E-state index in [2.05, 4.69) is 15.5 Å². The molecule has 0 radical (unpaired) electrons. The standard InChI is InChI=1S/C19H19F3N4O4S/c1-3-28-8-9-29-18(27)14(10-23)17(31-2)24-11-15-25-16(26-30-15)12-4-6-13(7-5-12)19(20,21)22/h4-7,24H,3,8-9,11H2,1-2H3/b17-14-. The summed E-state index contributed by atoms with van der Waals surface area (Å²) in [4.78, 5) is 16.2. The molecule has 0 aliphatic carbocycles. The first kappa shape index (κ1) is 24.2. The minimum atomic E-state index is -4.44. The second-order valence-corrected chi connectivity index (χ2v) is 6.61. The topological polar surface area (TPSA) is 110 Å². The SMILES string of the molecule is CCOCCOC(=O)/C(C#N)=C(/NCc1nc(-c2ccc(C(F)(F)F)cc2)no1)SC. The second kappa shape index (κ2) is 11.4. The van der Waals surface area contributed by atoms with Crippen molar-refractivity contribution >= 4 is 17.7 Å². The molecule has 2 rings (SSSR count). The lowest BCUT2D eigenvalue weighted by atomic mass is 10.1. The van der Waals surface area contributed by atoms with Crippen LogP contribution in [0.4, 0.5) is 13.2 Å². The van der Waals surface area contributed by atoms with Gasteiger partial charge in [-0.15, -0.1) is 11.8 Å². The Bertz CT molecular complexity index is 952. The number of nitriles is 1. The number of esters is 1. The van der Waals surface area contributed by atoms with E-state index in [9.17, 15) is 23.2 Å². The lowest BCUT2D eigenvalue weighted by molar-refractivity contribution is -0.140. The van der Waals surface area contributed by atoms with Crippen LogP contribution in [0.15, 0.2) is 39.4 Å². The molecule has 166 valence electrons. The van der Waals surface area contributed by atoms with Crippen LogP contribution >= 0.6 is 11.8 Å². The molecule has 0 unspecified atom stereocenters. The minimum Gasteiger partial charge on any atom is -0.459 e. The molecule has 0 atom stereocenters. The summed E-state index contributed by atoms with van der Waals surface area (Å²) in [6, 6.07) is 6.13. The average Bonchev–Trinajstić information content (AvgIpc) is 3.22. The molecule has 0 aliphatic rings. The van der Waals surface area contributed by atoms with Gasteiger partial charge in [0.1, 0.15) is 12.7 Å². The van der Waals surface area contributed by atoms with Crippen LogP contribution in [0, 0.1) is 11.3 Å². The summed E-state index contributed by atoms with van der Waals surface area (Å²) in [7, 11) is 0. The van der Waals surface area contributed by atoms with Gasteiger partial charge in [0.05, 0.1) is 23.7 Å². The van der Waals surface area contributed by atoms with Crippen LogP contribution in [0.2, 0.25) is 0 Å². The lowest BCUT2D eigenvalue weighted by Crippen LogP contribution is -2.19. The zero-order valence-electron chi connectivity index (χ0n) is 16.7. The molecule has 0 aliphatic heterocycles. The largest absolute Gasteiger partial charge is 0.459 e. The number of nitrogens with zero attached hydrogens (tertiary/aromatic N) is 3. The number of carbonyl (C=O) groups excluding carboxylic acids is 1. The first-order valence-electron chi connectivity index (χ1n) is 8.97. The van der Waals surface area contributed by atoms with E-state index in [1.165, 1.54) is 12.1 Å². The van der Waals surface area contributed by atoms with E-state index >= 15 is 0 Å². The van der Waals surface area contributed by atoms with Gasteiger partial charge in [-0.3, -0.25) is 0 Å². The van der Waals surface area contributed by atoms with E-state index in [0.717, 1.165) is 23.9 Å². The second-order valence-electron chi connectivity index (χ2n) is 5.79. The highest BCUT2D eigenvalue weighted by Crippen LogP contribution is 2.30. The Labute approximate surface area is 180 Å². The molecule has 0 fully saturated rings. The predicted octanol–water partition coefficient (Wildman–Crippen LogP) is 3.52. The van der Waals surface area contributed by atoms with Crippen LogP contribution in [-0.4, -0.2) is 42.2 Å². The number of ether oxygens (including phenoxy) is 2. The molecular formula is C19H19F3N4O4S. The van der Waals surface area contributed by atoms with Gasteiger partial charge >= 0.3 is 12.1 Å². The monoisotopic (exact) mass is 456 g/mol. The number of thioether (sulfide) groups is 1. The maximum atomic E-state index is 12.7. The van der Waals surface area contributed by atoms with Crippen LogP contribution in [0.1, 0.15) is 18.4 Å². The summed E-state index contributed by atoms with van der Waals surface area (Å²) in [5.41, 5.74) is -0.653. The van der Waals surface area contributed by atoms with Crippen LogP contribution in [0.3, 0.4) is 0 Å². The Kier molecular flexibility index (Phi) is 8.89. The van der Waals surface area contributed by atoms with E-state index in [1.807, 2.05) is 0 Å². The summed E-state index contributed by atoms with van der Waals surface area (Å²) in [6.07, 6.45) is -2.78. The number of alkyl halides is 3. The predicted molar refractivity (Wildman–Crippen MR) is 105 cm³/mol. The lowest BCUT2D eigenvalue weighted by Gasteiger charge is -2.09. The number of rotatable bonds is 10. The van der Waals surface area contributed by atoms with Crippen molar-refractivity contribution in [3.63, 3.8) is 0 Å². The van der Waals surface area contributed by atoms with Gasteiger partial charge in [-0.1, -0.05) is 17.3 Å². The fraction of sp³-hybridized carbons (Fsp3) is 0.368. The van der Waals surface area contributed by atoms with Gasteiger partial charge in [0.2, 0.25) is 11.7 Å². The summed E-state index contributed by atoms with van der Waals surface area (Å²) in [5.74, 6) is -0.575. The average molecular weight is 456 g/mol. The molecule has 0 saturated heterocycles. The number of benzene rings is 1. The molecule has 0 spiro atoms. The van der Waals surface area contributed by atoms with Crippen molar-refractivity contribution < 1.29 is 32.0 Å². The van der Waals surface area contributed by atoms with E-state index in [0.29, 0.717) is 12.2 Å². The molecule has 2 aromatic rings. The highest BCUT2D eigenvalue weighted by Gasteiger charge is 2.30. The Morgan fingerprint density at radius 1 is 1.29 bits per heavy atom. The van der Waals surface area contributed by atoms with Gasteiger partial charge < -0.3 is 19.3 Å². The van der Waals surface area contributed by atoms with Crippen molar-refractivity contribution in [2.75, 3.05) is 26.1 Å². The number of aromatic nitrogens is 2. The number of hydrogen-bond acceptors (Lipinski definition) is 9. The first-order chi connectivity index (χ1) is 14.8. The van der Waals surface area contributed by atoms with Crippen molar-refractivity contribution in [2.45, 2.75) is 19.6 Å². The van der Waals surface area contributed by atoms with Crippen LogP contribution < -0.4 is 5.32 Å². The molecule has 1 aromatic heterocycles. The molecule has 0 saturated carbocycles. The Morgan fingerprint density at radius 2 is 2.00 bits per heavy atom.